The lowest BCUT2D eigenvalue weighted by Gasteiger charge is -2.19. The largest absolute Gasteiger partial charge is 0.336 e. The van der Waals surface area contributed by atoms with Crippen molar-refractivity contribution in [1.82, 2.24) is 14.5 Å². The number of nitrogens with one attached hydrogen (secondary N) is 1. The van der Waals surface area contributed by atoms with Crippen molar-refractivity contribution in [2.75, 3.05) is 24.7 Å². The molecule has 3 aromatic rings. The molecule has 10 heteroatoms. The average molecular weight is 493 g/mol. The number of benzene rings is 2. The van der Waals surface area contributed by atoms with E-state index in [9.17, 15) is 14.4 Å². The van der Waals surface area contributed by atoms with Crippen LogP contribution in [0.15, 0.2) is 52.4 Å². The summed E-state index contributed by atoms with van der Waals surface area (Å²) < 4.78 is 1.55. The van der Waals surface area contributed by atoms with Gasteiger partial charge in [-0.05, 0) is 44.2 Å². The molecule has 1 heterocycles. The molecule has 0 saturated carbocycles. The van der Waals surface area contributed by atoms with E-state index in [4.69, 9.17) is 23.2 Å². The van der Waals surface area contributed by atoms with Gasteiger partial charge in [-0.2, -0.15) is 0 Å². The minimum absolute atomic E-state index is 0.0150. The lowest BCUT2D eigenvalue weighted by Crippen LogP contribution is -2.36. The minimum Gasteiger partial charge on any atom is -0.336 e. The van der Waals surface area contributed by atoms with Gasteiger partial charge in [0.05, 0.1) is 33.9 Å². The highest BCUT2D eigenvalue weighted by molar-refractivity contribution is 7.99. The van der Waals surface area contributed by atoms with Gasteiger partial charge in [0.1, 0.15) is 0 Å². The maximum atomic E-state index is 12.9. The highest BCUT2D eigenvalue weighted by Crippen LogP contribution is 2.23. The van der Waals surface area contributed by atoms with E-state index in [0.29, 0.717) is 31.8 Å². The van der Waals surface area contributed by atoms with Crippen molar-refractivity contribution < 1.29 is 9.59 Å². The lowest BCUT2D eigenvalue weighted by molar-refractivity contribution is -0.131. The smallest absolute Gasteiger partial charge is 0.262 e. The molecule has 0 unspecified atom stereocenters. The average Bonchev–Trinajstić information content (AvgIpc) is 2.73. The summed E-state index contributed by atoms with van der Waals surface area (Å²) in [4.78, 5) is 43.7. The monoisotopic (exact) mass is 492 g/mol. The van der Waals surface area contributed by atoms with E-state index in [1.54, 1.807) is 47.0 Å². The number of halogens is 2. The molecule has 0 spiro atoms. The molecule has 0 atom stereocenters. The molecule has 0 aliphatic rings. The third-order valence-corrected chi connectivity index (χ3v) is 6.13. The van der Waals surface area contributed by atoms with Crippen molar-refractivity contribution in [3.05, 3.63) is 62.9 Å². The summed E-state index contributed by atoms with van der Waals surface area (Å²) in [6.07, 6.45) is 0. The van der Waals surface area contributed by atoms with Gasteiger partial charge in [0.15, 0.2) is 5.16 Å². The van der Waals surface area contributed by atoms with Crippen LogP contribution < -0.4 is 10.9 Å². The summed E-state index contributed by atoms with van der Waals surface area (Å²) in [5.41, 5.74) is 0.764. The summed E-state index contributed by atoms with van der Waals surface area (Å²) in [5, 5.41) is 4.46. The zero-order chi connectivity index (χ0) is 23.4. The number of nitrogens with zero attached hydrogens (tertiary/aromatic N) is 3. The Labute approximate surface area is 199 Å². The molecule has 2 amide bonds. The summed E-state index contributed by atoms with van der Waals surface area (Å²) in [6.45, 7) is 3.62. The van der Waals surface area contributed by atoms with E-state index in [-0.39, 0.29) is 35.7 Å². The van der Waals surface area contributed by atoms with Crippen LogP contribution in [0, 0.1) is 0 Å². The van der Waals surface area contributed by atoms with Gasteiger partial charge in [-0.3, -0.25) is 19.0 Å². The highest BCUT2D eigenvalue weighted by atomic mass is 35.5. The van der Waals surface area contributed by atoms with Gasteiger partial charge >= 0.3 is 0 Å². The quantitative estimate of drug-likeness (QED) is 0.388. The number of carbonyl (C=O) groups is 2. The number of rotatable bonds is 7. The number of aromatic nitrogens is 2. The fourth-order valence-corrected chi connectivity index (χ4v) is 4.42. The van der Waals surface area contributed by atoms with Crippen molar-refractivity contribution in [1.29, 1.82) is 0 Å². The molecule has 2 aromatic carbocycles. The van der Waals surface area contributed by atoms with E-state index in [2.05, 4.69) is 10.3 Å². The first-order valence-corrected chi connectivity index (χ1v) is 11.5. The fourth-order valence-electron chi connectivity index (χ4n) is 3.00. The first-order valence-electron chi connectivity index (χ1n) is 9.80. The SMILES string of the molecule is CC(C)n1c(SCC(=O)N(C)CC(=O)Nc2ccccc2Cl)nc2cc(Cl)ccc2c1=O. The summed E-state index contributed by atoms with van der Waals surface area (Å²) >= 11 is 13.2. The van der Waals surface area contributed by atoms with E-state index in [0.717, 1.165) is 11.8 Å². The van der Waals surface area contributed by atoms with Crippen LogP contribution in [0.4, 0.5) is 5.69 Å². The molecule has 0 aliphatic heterocycles. The number of thioether (sulfide) groups is 1. The van der Waals surface area contributed by atoms with Crippen molar-refractivity contribution in [3.63, 3.8) is 0 Å². The normalized spacial score (nSPS) is 11.1. The Kier molecular flexibility index (Phi) is 7.82. The van der Waals surface area contributed by atoms with Gasteiger partial charge < -0.3 is 10.2 Å². The molecule has 0 bridgehead atoms. The first kappa shape index (κ1) is 24.1. The van der Waals surface area contributed by atoms with Crippen LogP contribution in [0.1, 0.15) is 19.9 Å². The Bertz CT molecular complexity index is 1230. The van der Waals surface area contributed by atoms with Crippen LogP contribution >= 0.6 is 35.0 Å². The van der Waals surface area contributed by atoms with Crippen molar-refractivity contribution >= 4 is 63.4 Å². The molecule has 168 valence electrons. The first-order chi connectivity index (χ1) is 15.2. The molecule has 3 rings (SSSR count). The number of fused-ring (bicyclic) bond motifs is 1. The Morgan fingerprint density at radius 1 is 1.19 bits per heavy atom. The second-order valence-corrected chi connectivity index (χ2v) is 9.18. The fraction of sp³-hybridized carbons (Fsp3) is 0.273. The van der Waals surface area contributed by atoms with Gasteiger partial charge in [0.2, 0.25) is 11.8 Å². The minimum atomic E-state index is -0.364. The molecular formula is C22H22Cl2N4O3S. The van der Waals surface area contributed by atoms with Crippen molar-refractivity contribution in [2.45, 2.75) is 25.0 Å². The molecule has 7 nitrogen and oxygen atoms in total. The molecule has 32 heavy (non-hydrogen) atoms. The second kappa shape index (κ2) is 10.4. The lowest BCUT2D eigenvalue weighted by atomic mass is 10.2. The third-order valence-electron chi connectivity index (χ3n) is 4.63. The standard InChI is InChI=1S/C22H22Cl2N4O3S/c1-13(2)28-21(31)15-9-8-14(23)10-18(15)26-22(28)32-12-20(30)27(3)11-19(29)25-17-7-5-4-6-16(17)24/h4-10,13H,11-12H2,1-3H3,(H,25,29). The molecule has 1 N–H and O–H groups in total. The van der Waals surface area contributed by atoms with Crippen LogP contribution in [0.5, 0.6) is 0 Å². The predicted molar refractivity (Wildman–Crippen MR) is 130 cm³/mol. The molecular weight excluding hydrogens is 471 g/mol. The molecule has 0 fully saturated rings. The van der Waals surface area contributed by atoms with E-state index in [1.807, 2.05) is 13.8 Å². The van der Waals surface area contributed by atoms with Gasteiger partial charge in [-0.15, -0.1) is 0 Å². The number of likely N-dealkylation sites (N-methyl/N-ethyl adjacent to an activating group) is 1. The Morgan fingerprint density at radius 3 is 2.59 bits per heavy atom. The molecule has 0 saturated heterocycles. The van der Waals surface area contributed by atoms with Crippen LogP contribution in [-0.4, -0.2) is 45.6 Å². The molecule has 0 radical (unpaired) electrons. The number of carbonyl (C=O) groups excluding carboxylic acids is 2. The maximum absolute atomic E-state index is 12.9. The topological polar surface area (TPSA) is 84.3 Å². The van der Waals surface area contributed by atoms with Crippen LogP contribution in [0.2, 0.25) is 10.0 Å². The molecule has 0 aliphatic carbocycles. The van der Waals surface area contributed by atoms with E-state index in [1.165, 1.54) is 11.9 Å². The third kappa shape index (κ3) is 5.62. The van der Waals surface area contributed by atoms with Gasteiger partial charge in [-0.1, -0.05) is 47.1 Å². The summed E-state index contributed by atoms with van der Waals surface area (Å²) in [6, 6.07) is 11.6. The van der Waals surface area contributed by atoms with E-state index < -0.39 is 0 Å². The Balaban J connectivity index is 1.71. The highest BCUT2D eigenvalue weighted by Gasteiger charge is 2.18. The Morgan fingerprint density at radius 2 is 1.91 bits per heavy atom. The number of hydrogen-bond acceptors (Lipinski definition) is 5. The number of amides is 2. The number of para-hydroxylation sites is 1. The van der Waals surface area contributed by atoms with Gasteiger partial charge in [0.25, 0.3) is 5.56 Å². The number of anilines is 1. The van der Waals surface area contributed by atoms with Crippen molar-refractivity contribution in [3.8, 4) is 0 Å². The predicted octanol–water partition coefficient (Wildman–Crippen LogP) is 4.47. The van der Waals surface area contributed by atoms with E-state index >= 15 is 0 Å². The van der Waals surface area contributed by atoms with Gasteiger partial charge in [-0.25, -0.2) is 4.98 Å². The zero-order valence-corrected chi connectivity index (χ0v) is 20.1. The zero-order valence-electron chi connectivity index (χ0n) is 17.8. The summed E-state index contributed by atoms with van der Waals surface area (Å²) in [5.74, 6) is -0.627. The maximum Gasteiger partial charge on any atom is 0.262 e. The van der Waals surface area contributed by atoms with Crippen LogP contribution in [-0.2, 0) is 9.59 Å². The Hall–Kier alpha value is -2.55. The van der Waals surface area contributed by atoms with Crippen molar-refractivity contribution in [2.24, 2.45) is 0 Å². The second-order valence-electron chi connectivity index (χ2n) is 7.39. The van der Waals surface area contributed by atoms with Crippen LogP contribution in [0.25, 0.3) is 10.9 Å². The van der Waals surface area contributed by atoms with Gasteiger partial charge in [0, 0.05) is 18.1 Å². The molecule has 1 aromatic heterocycles. The number of hydrogen-bond donors (Lipinski definition) is 1. The van der Waals surface area contributed by atoms with Crippen LogP contribution in [0.3, 0.4) is 0 Å². The summed E-state index contributed by atoms with van der Waals surface area (Å²) in [7, 11) is 1.54.